The quantitative estimate of drug-likeness (QED) is 0.871. The van der Waals surface area contributed by atoms with Gasteiger partial charge in [-0.15, -0.1) is 0 Å². The van der Waals surface area contributed by atoms with Crippen LogP contribution in [0.5, 0.6) is 0 Å². The van der Waals surface area contributed by atoms with Gasteiger partial charge in [-0.3, -0.25) is 4.79 Å². The molecule has 1 N–H and O–H groups in total. The highest BCUT2D eigenvalue weighted by atomic mass is 16.3. The largest absolute Gasteiger partial charge is 0.395 e. The van der Waals surface area contributed by atoms with Crippen LogP contribution in [0.3, 0.4) is 0 Å². The summed E-state index contributed by atoms with van der Waals surface area (Å²) in [6.07, 6.45) is 7.35. The van der Waals surface area contributed by atoms with Crippen molar-refractivity contribution in [2.45, 2.75) is 18.9 Å². The van der Waals surface area contributed by atoms with Crippen LogP contribution in [0.2, 0.25) is 0 Å². The number of carbonyl (C=O) groups is 1. The van der Waals surface area contributed by atoms with E-state index in [1.165, 1.54) is 0 Å². The Labute approximate surface area is 105 Å². The van der Waals surface area contributed by atoms with E-state index in [-0.39, 0.29) is 12.5 Å². The minimum Gasteiger partial charge on any atom is -0.395 e. The van der Waals surface area contributed by atoms with E-state index in [4.69, 9.17) is 5.11 Å². The van der Waals surface area contributed by atoms with Crippen molar-refractivity contribution < 1.29 is 9.90 Å². The van der Waals surface area contributed by atoms with Crippen LogP contribution < -0.4 is 0 Å². The Kier molecular flexibility index (Phi) is 2.76. The molecule has 1 fully saturated rings. The molecule has 2 aromatic rings. The van der Waals surface area contributed by atoms with Crippen LogP contribution in [0, 0.1) is 0 Å². The zero-order chi connectivity index (χ0) is 12.5. The number of imidazole rings is 1. The molecule has 0 atom stereocenters. The molecule has 5 heteroatoms. The first-order valence-corrected chi connectivity index (χ1v) is 6.13. The second-order valence-corrected chi connectivity index (χ2v) is 4.59. The SMILES string of the molecule is O=C(c1ccn2cncc2c1)N(CCO)C1CC1. The zero-order valence-corrected chi connectivity index (χ0v) is 9.99. The van der Waals surface area contributed by atoms with Gasteiger partial charge in [0.1, 0.15) is 0 Å². The van der Waals surface area contributed by atoms with Gasteiger partial charge in [0.05, 0.1) is 24.6 Å². The summed E-state index contributed by atoms with van der Waals surface area (Å²) in [5, 5.41) is 9.04. The highest BCUT2D eigenvalue weighted by Gasteiger charge is 2.32. The maximum atomic E-state index is 12.4. The monoisotopic (exact) mass is 245 g/mol. The van der Waals surface area contributed by atoms with Crippen LogP contribution in [0.15, 0.2) is 30.9 Å². The number of hydrogen-bond acceptors (Lipinski definition) is 3. The van der Waals surface area contributed by atoms with E-state index in [0.717, 1.165) is 18.4 Å². The highest BCUT2D eigenvalue weighted by Crippen LogP contribution is 2.28. The molecule has 0 saturated heterocycles. The summed E-state index contributed by atoms with van der Waals surface area (Å²) in [5.74, 6) is -0.00440. The molecule has 94 valence electrons. The lowest BCUT2D eigenvalue weighted by atomic mass is 10.2. The van der Waals surface area contributed by atoms with Crippen molar-refractivity contribution >= 4 is 11.4 Å². The first-order valence-electron chi connectivity index (χ1n) is 6.13. The van der Waals surface area contributed by atoms with Gasteiger partial charge >= 0.3 is 0 Å². The Balaban J connectivity index is 1.89. The average molecular weight is 245 g/mol. The van der Waals surface area contributed by atoms with Gasteiger partial charge in [-0.1, -0.05) is 0 Å². The molecule has 0 aliphatic heterocycles. The number of aromatic nitrogens is 2. The van der Waals surface area contributed by atoms with Crippen LogP contribution in [-0.4, -0.2) is 44.5 Å². The molecule has 0 spiro atoms. The van der Waals surface area contributed by atoms with E-state index in [2.05, 4.69) is 4.98 Å². The van der Waals surface area contributed by atoms with Crippen LogP contribution in [-0.2, 0) is 0 Å². The van der Waals surface area contributed by atoms with Crippen LogP contribution in [0.25, 0.3) is 5.52 Å². The number of fused-ring (bicyclic) bond motifs is 1. The van der Waals surface area contributed by atoms with Crippen LogP contribution >= 0.6 is 0 Å². The molecule has 0 unspecified atom stereocenters. The normalized spacial score (nSPS) is 14.9. The standard InChI is InChI=1S/C13H15N3O2/c17-6-5-16(11-1-2-11)13(18)10-3-4-15-9-14-8-12(15)7-10/h3-4,7-9,11,17H,1-2,5-6H2. The third kappa shape index (κ3) is 1.97. The Hall–Kier alpha value is -1.88. The summed E-state index contributed by atoms with van der Waals surface area (Å²) in [6, 6.07) is 3.94. The van der Waals surface area contributed by atoms with E-state index < -0.39 is 0 Å². The number of carbonyl (C=O) groups excluding carboxylic acids is 1. The minimum atomic E-state index is -0.00440. The molecule has 18 heavy (non-hydrogen) atoms. The topological polar surface area (TPSA) is 57.8 Å². The maximum absolute atomic E-state index is 12.4. The van der Waals surface area contributed by atoms with E-state index >= 15 is 0 Å². The van der Waals surface area contributed by atoms with Gasteiger partial charge in [0, 0.05) is 24.3 Å². The fourth-order valence-electron chi connectivity index (χ4n) is 2.16. The lowest BCUT2D eigenvalue weighted by molar-refractivity contribution is 0.0707. The molecular formula is C13H15N3O2. The third-order valence-electron chi connectivity index (χ3n) is 3.25. The lowest BCUT2D eigenvalue weighted by Crippen LogP contribution is -2.35. The second kappa shape index (κ2) is 4.42. The predicted molar refractivity (Wildman–Crippen MR) is 66.3 cm³/mol. The summed E-state index contributed by atoms with van der Waals surface area (Å²) >= 11 is 0. The van der Waals surface area contributed by atoms with Crippen molar-refractivity contribution in [2.24, 2.45) is 0 Å². The van der Waals surface area contributed by atoms with Crippen molar-refractivity contribution in [1.29, 1.82) is 0 Å². The van der Waals surface area contributed by atoms with Gasteiger partial charge in [0.15, 0.2) is 0 Å². The van der Waals surface area contributed by atoms with E-state index in [9.17, 15) is 4.79 Å². The number of pyridine rings is 1. The van der Waals surface area contributed by atoms with Crippen molar-refractivity contribution in [2.75, 3.05) is 13.2 Å². The van der Waals surface area contributed by atoms with E-state index in [0.29, 0.717) is 18.2 Å². The maximum Gasteiger partial charge on any atom is 0.254 e. The highest BCUT2D eigenvalue weighted by molar-refractivity contribution is 5.95. The smallest absolute Gasteiger partial charge is 0.254 e. The Bertz CT molecular complexity index is 574. The molecule has 5 nitrogen and oxygen atoms in total. The Morgan fingerprint density at radius 1 is 1.56 bits per heavy atom. The van der Waals surface area contributed by atoms with E-state index in [1.807, 2.05) is 16.7 Å². The minimum absolute atomic E-state index is 0.00440. The number of hydrogen-bond donors (Lipinski definition) is 1. The summed E-state index contributed by atoms with van der Waals surface area (Å²) < 4.78 is 1.87. The first kappa shape index (κ1) is 11.2. The molecule has 0 radical (unpaired) electrons. The first-order chi connectivity index (χ1) is 8.79. The number of amides is 1. The summed E-state index contributed by atoms with van der Waals surface area (Å²) in [4.78, 5) is 18.2. The van der Waals surface area contributed by atoms with Gasteiger partial charge in [0.25, 0.3) is 5.91 Å². The van der Waals surface area contributed by atoms with Crippen molar-refractivity contribution in [3.8, 4) is 0 Å². The number of aliphatic hydroxyl groups is 1. The summed E-state index contributed by atoms with van der Waals surface area (Å²) in [7, 11) is 0. The molecule has 0 bridgehead atoms. The second-order valence-electron chi connectivity index (χ2n) is 4.59. The molecular weight excluding hydrogens is 230 g/mol. The summed E-state index contributed by atoms with van der Waals surface area (Å²) in [6.45, 7) is 0.422. The molecule has 1 aliphatic carbocycles. The van der Waals surface area contributed by atoms with Crippen LogP contribution in [0.4, 0.5) is 0 Å². The number of nitrogens with zero attached hydrogens (tertiary/aromatic N) is 3. The zero-order valence-electron chi connectivity index (χ0n) is 9.99. The predicted octanol–water partition coefficient (Wildman–Crippen LogP) is 0.931. The van der Waals surface area contributed by atoms with Gasteiger partial charge in [-0.2, -0.15) is 0 Å². The Morgan fingerprint density at radius 3 is 3.11 bits per heavy atom. The van der Waals surface area contributed by atoms with Gasteiger partial charge < -0.3 is 14.4 Å². The van der Waals surface area contributed by atoms with Gasteiger partial charge in [0.2, 0.25) is 0 Å². The number of aliphatic hydroxyl groups excluding tert-OH is 1. The van der Waals surface area contributed by atoms with Crippen molar-refractivity contribution in [3.05, 3.63) is 36.4 Å². The Morgan fingerprint density at radius 2 is 2.39 bits per heavy atom. The van der Waals surface area contributed by atoms with Gasteiger partial charge in [-0.05, 0) is 25.0 Å². The van der Waals surface area contributed by atoms with Crippen molar-refractivity contribution in [1.82, 2.24) is 14.3 Å². The van der Waals surface area contributed by atoms with E-state index in [1.54, 1.807) is 23.5 Å². The lowest BCUT2D eigenvalue weighted by Gasteiger charge is -2.21. The van der Waals surface area contributed by atoms with Crippen LogP contribution in [0.1, 0.15) is 23.2 Å². The van der Waals surface area contributed by atoms with Gasteiger partial charge in [-0.25, -0.2) is 4.98 Å². The molecule has 2 aromatic heterocycles. The average Bonchev–Trinajstić information content (AvgIpc) is 3.12. The molecule has 1 amide bonds. The third-order valence-corrected chi connectivity index (χ3v) is 3.25. The fraction of sp³-hybridized carbons (Fsp3) is 0.385. The van der Waals surface area contributed by atoms with Crippen molar-refractivity contribution in [3.63, 3.8) is 0 Å². The molecule has 2 heterocycles. The fourth-order valence-corrected chi connectivity index (χ4v) is 2.16. The summed E-state index contributed by atoms with van der Waals surface area (Å²) in [5.41, 5.74) is 1.56. The molecule has 3 rings (SSSR count). The molecule has 1 aliphatic rings. The molecule has 0 aromatic carbocycles. The molecule has 1 saturated carbocycles. The number of rotatable bonds is 4.